The molecule has 23 heavy (non-hydrogen) atoms. The first-order valence-corrected chi connectivity index (χ1v) is 11.0. The second-order valence-electron chi connectivity index (χ2n) is 7.44. The second-order valence-corrected chi connectivity index (χ2v) is 7.44. The van der Waals surface area contributed by atoms with Gasteiger partial charge in [0.1, 0.15) is 0 Å². The molecule has 0 aliphatic heterocycles. The van der Waals surface area contributed by atoms with Crippen LogP contribution in [0.5, 0.6) is 0 Å². The van der Waals surface area contributed by atoms with Crippen molar-refractivity contribution in [1.29, 1.82) is 0 Å². The molecule has 0 unspecified atom stereocenters. The number of rotatable bonds is 0. The lowest BCUT2D eigenvalue weighted by Gasteiger charge is -2.22. The summed E-state index contributed by atoms with van der Waals surface area (Å²) >= 11 is 0. The van der Waals surface area contributed by atoms with E-state index in [0.717, 1.165) is 23.7 Å². The monoisotopic (exact) mass is 328 g/mol. The van der Waals surface area contributed by atoms with E-state index in [1.165, 1.54) is 57.8 Å². The maximum Gasteiger partial charge on any atom is -0.0443 e. The van der Waals surface area contributed by atoms with E-state index in [1.807, 2.05) is 27.7 Å². The summed E-state index contributed by atoms with van der Waals surface area (Å²) in [5.74, 6) is 4.08. The van der Waals surface area contributed by atoms with Crippen molar-refractivity contribution in [2.24, 2.45) is 23.7 Å². The first-order valence-electron chi connectivity index (χ1n) is 11.0. The highest BCUT2D eigenvalue weighted by Crippen LogP contribution is 2.27. The molecule has 0 nitrogen and oxygen atoms in total. The fourth-order valence-corrected chi connectivity index (χ4v) is 2.85. The molecule has 144 valence electrons. The molecule has 0 aromatic heterocycles. The molecule has 2 aliphatic carbocycles. The lowest BCUT2D eigenvalue weighted by atomic mass is 9.84. The predicted octanol–water partition coefficient (Wildman–Crippen LogP) is 9.13. The minimum Gasteiger partial charge on any atom is -0.0683 e. The second kappa shape index (κ2) is 22.0. The van der Waals surface area contributed by atoms with E-state index < -0.39 is 0 Å². The largest absolute Gasteiger partial charge is 0.0683 e. The summed E-state index contributed by atoms with van der Waals surface area (Å²) in [5, 5.41) is 0. The Kier molecular flexibility index (Phi) is 26.6. The Bertz CT molecular complexity index is 128. The summed E-state index contributed by atoms with van der Waals surface area (Å²) in [5.41, 5.74) is 0. The quantitative estimate of drug-likeness (QED) is 0.416. The normalized spacial score (nSPS) is 29.0. The standard InChI is InChI=1S/2C8H16.C3H8.2C2H6/c2*1-7-3-5-8(2)6-4-7;1-3-2;2*1-2/h2*7-8H,3-6H2,1-2H3;3H2,1-2H3;2*1-2H3. The molecule has 0 spiro atoms. The summed E-state index contributed by atoms with van der Waals surface area (Å²) in [7, 11) is 0. The van der Waals surface area contributed by atoms with Crippen molar-refractivity contribution in [3.63, 3.8) is 0 Å². The molecule has 0 amide bonds. The van der Waals surface area contributed by atoms with E-state index in [1.54, 1.807) is 0 Å². The SMILES string of the molecule is CC.CC.CC1CCC(C)CC1.CC1CCC(C)CC1.CCC. The van der Waals surface area contributed by atoms with E-state index in [2.05, 4.69) is 41.5 Å². The third kappa shape index (κ3) is 22.0. The van der Waals surface area contributed by atoms with Gasteiger partial charge in [-0.1, -0.05) is 127 Å². The van der Waals surface area contributed by atoms with Crippen LogP contribution in [0.15, 0.2) is 0 Å². The Morgan fingerprint density at radius 3 is 0.609 bits per heavy atom. The highest BCUT2D eigenvalue weighted by Gasteiger charge is 2.13. The number of hydrogen-bond donors (Lipinski definition) is 0. The van der Waals surface area contributed by atoms with Crippen LogP contribution in [-0.2, 0) is 0 Å². The molecule has 0 radical (unpaired) electrons. The summed E-state index contributed by atoms with van der Waals surface area (Å²) in [6, 6.07) is 0. The molecule has 2 saturated carbocycles. The minimum absolute atomic E-state index is 1.02. The zero-order valence-electron chi connectivity index (χ0n) is 18.7. The van der Waals surface area contributed by atoms with Gasteiger partial charge in [0.05, 0.1) is 0 Å². The molecule has 0 atom stereocenters. The van der Waals surface area contributed by atoms with Crippen molar-refractivity contribution in [3.05, 3.63) is 0 Å². The van der Waals surface area contributed by atoms with Crippen molar-refractivity contribution in [3.8, 4) is 0 Å². The molecule has 0 aromatic rings. The van der Waals surface area contributed by atoms with Crippen LogP contribution in [0.25, 0.3) is 0 Å². The van der Waals surface area contributed by atoms with E-state index in [4.69, 9.17) is 0 Å². The topological polar surface area (TPSA) is 0 Å². The van der Waals surface area contributed by atoms with Gasteiger partial charge in [0, 0.05) is 0 Å². The molecule has 2 fully saturated rings. The molecule has 0 heterocycles. The third-order valence-corrected chi connectivity index (χ3v) is 4.61. The minimum atomic E-state index is 1.02. The molecule has 2 aliphatic rings. The van der Waals surface area contributed by atoms with Crippen LogP contribution in [0, 0.1) is 23.7 Å². The molecule has 0 heteroatoms. The third-order valence-electron chi connectivity index (χ3n) is 4.61. The Hall–Kier alpha value is 0. The Balaban J connectivity index is -0.000000252. The van der Waals surface area contributed by atoms with E-state index in [0.29, 0.717) is 0 Å². The van der Waals surface area contributed by atoms with Gasteiger partial charge < -0.3 is 0 Å². The summed E-state index contributed by atoms with van der Waals surface area (Å²) in [6.45, 7) is 21.7. The van der Waals surface area contributed by atoms with Gasteiger partial charge in [-0.15, -0.1) is 0 Å². The summed E-state index contributed by atoms with van der Waals surface area (Å²) < 4.78 is 0. The van der Waals surface area contributed by atoms with Crippen molar-refractivity contribution in [2.75, 3.05) is 0 Å². The maximum absolute atomic E-state index is 2.37. The van der Waals surface area contributed by atoms with E-state index in [9.17, 15) is 0 Å². The lowest BCUT2D eigenvalue weighted by molar-refractivity contribution is 0.308. The van der Waals surface area contributed by atoms with Crippen molar-refractivity contribution in [1.82, 2.24) is 0 Å². The van der Waals surface area contributed by atoms with Crippen LogP contribution < -0.4 is 0 Å². The van der Waals surface area contributed by atoms with Crippen LogP contribution in [0.1, 0.15) is 127 Å². The smallest absolute Gasteiger partial charge is 0.0443 e. The van der Waals surface area contributed by atoms with Gasteiger partial charge in [-0.05, 0) is 23.7 Å². The molecule has 0 saturated heterocycles. The molecular weight excluding hydrogens is 276 g/mol. The Morgan fingerprint density at radius 1 is 0.435 bits per heavy atom. The highest BCUT2D eigenvalue weighted by molar-refractivity contribution is 4.66. The molecule has 0 N–H and O–H groups in total. The molecule has 0 aromatic carbocycles. The van der Waals surface area contributed by atoms with Gasteiger partial charge in [-0.3, -0.25) is 0 Å². The summed E-state index contributed by atoms with van der Waals surface area (Å²) in [6.07, 6.45) is 13.0. The first-order chi connectivity index (χ1) is 11.0. The van der Waals surface area contributed by atoms with Gasteiger partial charge in [0.2, 0.25) is 0 Å². The average molecular weight is 329 g/mol. The van der Waals surface area contributed by atoms with Crippen LogP contribution in [0.4, 0.5) is 0 Å². The van der Waals surface area contributed by atoms with Crippen molar-refractivity contribution in [2.45, 2.75) is 127 Å². The summed E-state index contributed by atoms with van der Waals surface area (Å²) in [4.78, 5) is 0. The Labute approximate surface area is 151 Å². The fourth-order valence-electron chi connectivity index (χ4n) is 2.85. The van der Waals surface area contributed by atoms with Crippen molar-refractivity contribution >= 4 is 0 Å². The van der Waals surface area contributed by atoms with Crippen LogP contribution in [0.3, 0.4) is 0 Å². The van der Waals surface area contributed by atoms with Crippen LogP contribution in [0.2, 0.25) is 0 Å². The average Bonchev–Trinajstić information content (AvgIpc) is 2.58. The van der Waals surface area contributed by atoms with Crippen LogP contribution >= 0.6 is 0 Å². The molecule has 0 bridgehead atoms. The van der Waals surface area contributed by atoms with Gasteiger partial charge in [-0.2, -0.15) is 0 Å². The van der Waals surface area contributed by atoms with Gasteiger partial charge in [0.25, 0.3) is 0 Å². The first kappa shape index (κ1) is 27.8. The Morgan fingerprint density at radius 2 is 0.522 bits per heavy atom. The predicted molar refractivity (Wildman–Crippen MR) is 112 cm³/mol. The highest BCUT2D eigenvalue weighted by atomic mass is 14.2. The lowest BCUT2D eigenvalue weighted by Crippen LogP contribution is -2.08. The van der Waals surface area contributed by atoms with Gasteiger partial charge >= 0.3 is 0 Å². The zero-order chi connectivity index (χ0) is 18.7. The molecule has 2 rings (SSSR count). The molecular formula is C23H52. The zero-order valence-corrected chi connectivity index (χ0v) is 18.7. The van der Waals surface area contributed by atoms with Gasteiger partial charge in [0.15, 0.2) is 0 Å². The van der Waals surface area contributed by atoms with Crippen LogP contribution in [-0.4, -0.2) is 0 Å². The van der Waals surface area contributed by atoms with Crippen molar-refractivity contribution < 1.29 is 0 Å². The fraction of sp³-hybridized carbons (Fsp3) is 1.00. The van der Waals surface area contributed by atoms with Gasteiger partial charge in [-0.25, -0.2) is 0 Å². The number of hydrogen-bond acceptors (Lipinski definition) is 0. The van der Waals surface area contributed by atoms with E-state index >= 15 is 0 Å². The van der Waals surface area contributed by atoms with E-state index in [-0.39, 0.29) is 0 Å². The maximum atomic E-state index is 2.37.